The fraction of sp³-hybridized carbons (Fsp3) is 0.286. The van der Waals surface area contributed by atoms with Crippen LogP contribution in [0.5, 0.6) is 5.75 Å². The first-order valence-corrected chi connectivity index (χ1v) is 7.54. The van der Waals surface area contributed by atoms with Gasteiger partial charge in [-0.05, 0) is 36.2 Å². The summed E-state index contributed by atoms with van der Waals surface area (Å²) in [5, 5.41) is 10.4. The van der Waals surface area contributed by atoms with E-state index in [-0.39, 0.29) is 6.10 Å². The molecule has 5 heteroatoms. The molecule has 2 nitrogen and oxygen atoms in total. The van der Waals surface area contributed by atoms with Crippen molar-refractivity contribution >= 4 is 34.5 Å². The average molecular weight is 315 g/mol. The summed E-state index contributed by atoms with van der Waals surface area (Å²) in [6.07, 6.45) is 0.313. The maximum atomic E-state index is 10.4. The van der Waals surface area contributed by atoms with Gasteiger partial charge in [0.15, 0.2) is 0 Å². The molecule has 1 aromatic carbocycles. The molecule has 0 amide bonds. The molecule has 1 aliphatic rings. The van der Waals surface area contributed by atoms with Crippen LogP contribution in [0, 0.1) is 0 Å². The topological polar surface area (TPSA) is 29.5 Å². The van der Waals surface area contributed by atoms with Gasteiger partial charge in [0.05, 0.1) is 4.34 Å². The number of halogens is 2. The Morgan fingerprint density at radius 3 is 2.84 bits per heavy atom. The van der Waals surface area contributed by atoms with Crippen LogP contribution >= 0.6 is 34.5 Å². The molecule has 100 valence electrons. The molecular formula is C14H12Cl2O2S. The van der Waals surface area contributed by atoms with Crippen molar-refractivity contribution in [2.75, 3.05) is 0 Å². The summed E-state index contributed by atoms with van der Waals surface area (Å²) in [5.41, 5.74) is 2.60. The van der Waals surface area contributed by atoms with Crippen molar-refractivity contribution in [2.45, 2.75) is 25.6 Å². The fourth-order valence-corrected chi connectivity index (χ4v) is 3.85. The summed E-state index contributed by atoms with van der Waals surface area (Å²) in [6.45, 7) is 2.03. The average Bonchev–Trinajstić information content (AvgIpc) is 2.88. The SMILES string of the molecule is CC1Cc2cc(C(O)c3cc(Cl)sc3Cl)ccc2O1. The van der Waals surface area contributed by atoms with Crippen LogP contribution in [-0.4, -0.2) is 11.2 Å². The summed E-state index contributed by atoms with van der Waals surface area (Å²) in [5.74, 6) is 0.901. The highest BCUT2D eigenvalue weighted by atomic mass is 35.5. The molecule has 3 rings (SSSR count). The van der Waals surface area contributed by atoms with Crippen LogP contribution in [0.1, 0.15) is 29.7 Å². The normalized spacial score (nSPS) is 19.1. The van der Waals surface area contributed by atoms with Gasteiger partial charge in [0.1, 0.15) is 22.3 Å². The highest BCUT2D eigenvalue weighted by Crippen LogP contribution is 2.39. The molecule has 0 fully saturated rings. The third kappa shape index (κ3) is 2.48. The highest BCUT2D eigenvalue weighted by molar-refractivity contribution is 7.20. The van der Waals surface area contributed by atoms with Gasteiger partial charge in [0.25, 0.3) is 0 Å². The fourth-order valence-electron chi connectivity index (χ4n) is 2.33. The molecular weight excluding hydrogens is 303 g/mol. The number of hydrogen-bond acceptors (Lipinski definition) is 3. The van der Waals surface area contributed by atoms with Gasteiger partial charge in [-0.3, -0.25) is 0 Å². The van der Waals surface area contributed by atoms with Gasteiger partial charge in [-0.2, -0.15) is 0 Å². The molecule has 1 aliphatic heterocycles. The van der Waals surface area contributed by atoms with E-state index in [1.54, 1.807) is 6.07 Å². The molecule has 2 atom stereocenters. The first kappa shape index (κ1) is 13.3. The standard InChI is InChI=1S/C14H12Cl2O2S/c1-7-4-9-5-8(2-3-11(9)18-7)13(17)10-6-12(15)19-14(10)16/h2-3,5-7,13,17H,4H2,1H3. The second-order valence-corrected chi connectivity index (χ2v) is 6.97. The minimum Gasteiger partial charge on any atom is -0.490 e. The van der Waals surface area contributed by atoms with E-state index >= 15 is 0 Å². The number of ether oxygens (including phenoxy) is 1. The van der Waals surface area contributed by atoms with E-state index in [0.717, 1.165) is 23.3 Å². The van der Waals surface area contributed by atoms with E-state index in [2.05, 4.69) is 0 Å². The lowest BCUT2D eigenvalue weighted by atomic mass is 10.0. The minimum atomic E-state index is -0.752. The van der Waals surface area contributed by atoms with Crippen molar-refractivity contribution in [1.29, 1.82) is 0 Å². The lowest BCUT2D eigenvalue weighted by molar-refractivity contribution is 0.221. The zero-order valence-electron chi connectivity index (χ0n) is 10.2. The Morgan fingerprint density at radius 1 is 1.37 bits per heavy atom. The lowest BCUT2D eigenvalue weighted by Gasteiger charge is -2.11. The lowest BCUT2D eigenvalue weighted by Crippen LogP contribution is -2.05. The quantitative estimate of drug-likeness (QED) is 0.886. The zero-order valence-corrected chi connectivity index (χ0v) is 12.5. The second kappa shape index (κ2) is 4.98. The van der Waals surface area contributed by atoms with Crippen LogP contribution in [0.15, 0.2) is 24.3 Å². The van der Waals surface area contributed by atoms with Crippen molar-refractivity contribution in [3.05, 3.63) is 49.6 Å². The molecule has 0 aliphatic carbocycles. The van der Waals surface area contributed by atoms with Crippen molar-refractivity contribution in [3.63, 3.8) is 0 Å². The van der Waals surface area contributed by atoms with Gasteiger partial charge in [-0.15, -0.1) is 11.3 Å². The van der Waals surface area contributed by atoms with Crippen molar-refractivity contribution < 1.29 is 9.84 Å². The first-order chi connectivity index (χ1) is 9.04. The zero-order chi connectivity index (χ0) is 13.6. The molecule has 0 radical (unpaired) electrons. The third-order valence-corrected chi connectivity index (χ3v) is 4.73. The van der Waals surface area contributed by atoms with Crippen molar-refractivity contribution in [1.82, 2.24) is 0 Å². The summed E-state index contributed by atoms with van der Waals surface area (Å²) in [7, 11) is 0. The van der Waals surface area contributed by atoms with Crippen LogP contribution in [-0.2, 0) is 6.42 Å². The van der Waals surface area contributed by atoms with Crippen LogP contribution in [0.4, 0.5) is 0 Å². The largest absolute Gasteiger partial charge is 0.490 e. The Balaban J connectivity index is 1.95. The number of fused-ring (bicyclic) bond motifs is 1. The molecule has 0 bridgehead atoms. The van der Waals surface area contributed by atoms with Crippen LogP contribution in [0.3, 0.4) is 0 Å². The minimum absolute atomic E-state index is 0.196. The van der Waals surface area contributed by atoms with Crippen molar-refractivity contribution in [2.24, 2.45) is 0 Å². The van der Waals surface area contributed by atoms with Gasteiger partial charge < -0.3 is 9.84 Å². The number of aliphatic hydroxyl groups is 1. The van der Waals surface area contributed by atoms with Gasteiger partial charge in [-0.1, -0.05) is 29.3 Å². The summed E-state index contributed by atoms with van der Waals surface area (Å²) in [4.78, 5) is 0. The molecule has 1 aromatic heterocycles. The van der Waals surface area contributed by atoms with E-state index < -0.39 is 6.10 Å². The number of thiophene rings is 1. The number of rotatable bonds is 2. The van der Waals surface area contributed by atoms with E-state index in [9.17, 15) is 5.11 Å². The molecule has 2 aromatic rings. The van der Waals surface area contributed by atoms with Gasteiger partial charge in [0.2, 0.25) is 0 Å². The van der Waals surface area contributed by atoms with Gasteiger partial charge in [0, 0.05) is 12.0 Å². The molecule has 1 N–H and O–H groups in total. The predicted octanol–water partition coefficient (Wildman–Crippen LogP) is 4.46. The molecule has 2 heterocycles. The van der Waals surface area contributed by atoms with E-state index in [1.807, 2.05) is 25.1 Å². The van der Waals surface area contributed by atoms with E-state index in [0.29, 0.717) is 14.2 Å². The Hall–Kier alpha value is -0.740. The smallest absolute Gasteiger partial charge is 0.123 e. The molecule has 2 unspecified atom stereocenters. The number of hydrogen-bond donors (Lipinski definition) is 1. The Labute approximate surface area is 125 Å². The summed E-state index contributed by atoms with van der Waals surface area (Å²) >= 11 is 13.3. The van der Waals surface area contributed by atoms with Crippen LogP contribution in [0.25, 0.3) is 0 Å². The first-order valence-electron chi connectivity index (χ1n) is 5.97. The van der Waals surface area contributed by atoms with Crippen molar-refractivity contribution in [3.8, 4) is 5.75 Å². The maximum absolute atomic E-state index is 10.4. The van der Waals surface area contributed by atoms with Gasteiger partial charge >= 0.3 is 0 Å². The summed E-state index contributed by atoms with van der Waals surface area (Å²) < 4.78 is 6.76. The van der Waals surface area contributed by atoms with Crippen LogP contribution < -0.4 is 4.74 Å². The van der Waals surface area contributed by atoms with E-state index in [4.69, 9.17) is 27.9 Å². The Bertz CT molecular complexity index is 624. The molecule has 19 heavy (non-hydrogen) atoms. The van der Waals surface area contributed by atoms with Gasteiger partial charge in [-0.25, -0.2) is 0 Å². The summed E-state index contributed by atoms with van der Waals surface area (Å²) in [6, 6.07) is 7.46. The third-order valence-electron chi connectivity index (χ3n) is 3.21. The highest BCUT2D eigenvalue weighted by Gasteiger charge is 2.22. The molecule has 0 spiro atoms. The number of benzene rings is 1. The second-order valence-electron chi connectivity index (χ2n) is 4.68. The Kier molecular flexibility index (Phi) is 3.48. The molecule has 0 saturated heterocycles. The monoisotopic (exact) mass is 314 g/mol. The Morgan fingerprint density at radius 2 is 2.16 bits per heavy atom. The molecule has 0 saturated carbocycles. The van der Waals surface area contributed by atoms with Crippen LogP contribution in [0.2, 0.25) is 8.67 Å². The predicted molar refractivity (Wildman–Crippen MR) is 78.6 cm³/mol. The van der Waals surface area contributed by atoms with E-state index in [1.165, 1.54) is 11.3 Å². The number of aliphatic hydroxyl groups excluding tert-OH is 1. The maximum Gasteiger partial charge on any atom is 0.123 e.